The lowest BCUT2D eigenvalue weighted by atomic mass is 10.1. The Bertz CT molecular complexity index is 969. The third-order valence-electron chi connectivity index (χ3n) is 3.97. The molecule has 3 rings (SSSR count). The van der Waals surface area contributed by atoms with Crippen LogP contribution < -0.4 is 10.1 Å². The van der Waals surface area contributed by atoms with E-state index < -0.39 is 0 Å². The number of benzene rings is 2. The first-order chi connectivity index (χ1) is 12.6. The van der Waals surface area contributed by atoms with Gasteiger partial charge in [0.05, 0.1) is 17.2 Å². The second kappa shape index (κ2) is 7.72. The number of carbonyl (C=O) groups excluding carboxylic acids is 1. The molecule has 1 heterocycles. The highest BCUT2D eigenvalue weighted by Gasteiger charge is 2.15. The first-order valence-electron chi connectivity index (χ1n) is 8.27. The van der Waals surface area contributed by atoms with Gasteiger partial charge in [0.15, 0.2) is 0 Å². The molecule has 0 fully saturated rings. The molecule has 2 aromatic carbocycles. The van der Waals surface area contributed by atoms with Crippen LogP contribution in [0.3, 0.4) is 0 Å². The van der Waals surface area contributed by atoms with E-state index in [4.69, 9.17) is 4.74 Å². The number of fused-ring (bicyclic) bond motifs is 1. The fourth-order valence-electron chi connectivity index (χ4n) is 2.67. The number of carbonyl (C=O) groups is 1. The van der Waals surface area contributed by atoms with Crippen LogP contribution >= 0.6 is 0 Å². The van der Waals surface area contributed by atoms with Crippen molar-refractivity contribution in [3.8, 4) is 11.8 Å². The molecule has 1 amide bonds. The van der Waals surface area contributed by atoms with Gasteiger partial charge in [-0.3, -0.25) is 4.79 Å². The Morgan fingerprint density at radius 1 is 1.27 bits per heavy atom. The van der Waals surface area contributed by atoms with E-state index >= 15 is 0 Å². The molecule has 0 unspecified atom stereocenters. The van der Waals surface area contributed by atoms with Crippen LogP contribution in [0, 0.1) is 11.3 Å². The first kappa shape index (κ1) is 17.5. The Morgan fingerprint density at radius 3 is 2.85 bits per heavy atom. The van der Waals surface area contributed by atoms with Crippen molar-refractivity contribution in [2.45, 2.75) is 0 Å². The third-order valence-corrected chi connectivity index (χ3v) is 3.97. The van der Waals surface area contributed by atoms with Crippen molar-refractivity contribution in [1.82, 2.24) is 9.88 Å². The summed E-state index contributed by atoms with van der Waals surface area (Å²) in [6, 6.07) is 14.7. The van der Waals surface area contributed by atoms with E-state index in [1.165, 1.54) is 0 Å². The van der Waals surface area contributed by atoms with Crippen molar-refractivity contribution in [3.05, 3.63) is 59.8 Å². The number of nitrogens with zero attached hydrogens (tertiary/aromatic N) is 2. The Balaban J connectivity index is 1.78. The number of hydrogen-bond acceptors (Lipinski definition) is 4. The zero-order valence-corrected chi connectivity index (χ0v) is 14.7. The van der Waals surface area contributed by atoms with Gasteiger partial charge in [0, 0.05) is 35.4 Å². The largest absolute Gasteiger partial charge is 0.492 e. The van der Waals surface area contributed by atoms with Crippen molar-refractivity contribution in [2.75, 3.05) is 32.6 Å². The van der Waals surface area contributed by atoms with Crippen LogP contribution in [0.25, 0.3) is 10.9 Å². The summed E-state index contributed by atoms with van der Waals surface area (Å²) in [4.78, 5) is 17.8. The van der Waals surface area contributed by atoms with Gasteiger partial charge in [0.2, 0.25) is 0 Å². The molecule has 2 N–H and O–H groups in total. The Kier molecular flexibility index (Phi) is 5.20. The van der Waals surface area contributed by atoms with Crippen LogP contribution in [0.2, 0.25) is 0 Å². The molecule has 0 radical (unpaired) electrons. The van der Waals surface area contributed by atoms with Crippen LogP contribution in [0.5, 0.6) is 5.75 Å². The third kappa shape index (κ3) is 3.85. The molecule has 0 spiro atoms. The maximum atomic E-state index is 12.7. The molecule has 0 aliphatic carbocycles. The Morgan fingerprint density at radius 2 is 2.08 bits per heavy atom. The van der Waals surface area contributed by atoms with Crippen LogP contribution in [-0.4, -0.2) is 43.0 Å². The fourth-order valence-corrected chi connectivity index (χ4v) is 2.67. The second-order valence-electron chi connectivity index (χ2n) is 6.18. The number of ether oxygens (including phenoxy) is 1. The number of anilines is 1. The highest BCUT2D eigenvalue weighted by atomic mass is 16.5. The highest BCUT2D eigenvalue weighted by molar-refractivity contribution is 6.14. The van der Waals surface area contributed by atoms with Gasteiger partial charge < -0.3 is 19.9 Å². The molecular formula is C20H20N4O2. The van der Waals surface area contributed by atoms with Crippen LogP contribution in [0.4, 0.5) is 5.69 Å². The van der Waals surface area contributed by atoms with E-state index in [9.17, 15) is 10.1 Å². The van der Waals surface area contributed by atoms with Gasteiger partial charge in [-0.15, -0.1) is 0 Å². The van der Waals surface area contributed by atoms with E-state index in [0.29, 0.717) is 34.6 Å². The number of aromatic nitrogens is 1. The fraction of sp³-hybridized carbons (Fsp3) is 0.200. The van der Waals surface area contributed by atoms with E-state index in [0.717, 1.165) is 12.1 Å². The highest BCUT2D eigenvalue weighted by Crippen LogP contribution is 2.24. The lowest BCUT2D eigenvalue weighted by Gasteiger charge is -2.12. The molecule has 1 aromatic heterocycles. The van der Waals surface area contributed by atoms with E-state index in [2.05, 4.69) is 16.4 Å². The number of H-pyrrole nitrogens is 1. The summed E-state index contributed by atoms with van der Waals surface area (Å²) in [5.74, 6) is 0.422. The molecule has 0 atom stereocenters. The zero-order valence-electron chi connectivity index (χ0n) is 14.7. The summed E-state index contributed by atoms with van der Waals surface area (Å²) >= 11 is 0. The molecule has 132 valence electrons. The summed E-state index contributed by atoms with van der Waals surface area (Å²) < 4.78 is 5.69. The molecule has 3 aromatic rings. The SMILES string of the molecule is CN(C)CCOc1cccc(NC(=O)c2c[nH]c3cccc(C#N)c23)c1. The van der Waals surface area contributed by atoms with Crippen LogP contribution in [0.1, 0.15) is 15.9 Å². The molecule has 6 heteroatoms. The van der Waals surface area contributed by atoms with Crippen molar-refractivity contribution < 1.29 is 9.53 Å². The predicted molar refractivity (Wildman–Crippen MR) is 101 cm³/mol. The quantitative estimate of drug-likeness (QED) is 0.717. The Hall–Kier alpha value is -3.30. The molecule has 0 aliphatic heterocycles. The minimum atomic E-state index is -0.274. The van der Waals surface area contributed by atoms with Gasteiger partial charge >= 0.3 is 0 Å². The van der Waals surface area contributed by atoms with Gasteiger partial charge in [-0.2, -0.15) is 5.26 Å². The van der Waals surface area contributed by atoms with E-state index in [1.807, 2.05) is 37.2 Å². The van der Waals surface area contributed by atoms with Crippen molar-refractivity contribution >= 4 is 22.5 Å². The molecule has 0 saturated carbocycles. The van der Waals surface area contributed by atoms with Gasteiger partial charge in [-0.1, -0.05) is 12.1 Å². The van der Waals surface area contributed by atoms with Crippen molar-refractivity contribution in [1.29, 1.82) is 5.26 Å². The maximum Gasteiger partial charge on any atom is 0.257 e. The average molecular weight is 348 g/mol. The first-order valence-corrected chi connectivity index (χ1v) is 8.27. The second-order valence-corrected chi connectivity index (χ2v) is 6.18. The van der Waals surface area contributed by atoms with Crippen LogP contribution in [-0.2, 0) is 0 Å². The molecule has 6 nitrogen and oxygen atoms in total. The molecular weight excluding hydrogens is 328 g/mol. The Labute approximate surface area is 152 Å². The summed E-state index contributed by atoms with van der Waals surface area (Å²) in [5, 5.41) is 12.8. The lowest BCUT2D eigenvalue weighted by molar-refractivity contribution is 0.102. The normalized spacial score (nSPS) is 10.7. The van der Waals surface area contributed by atoms with Gasteiger partial charge in [-0.25, -0.2) is 0 Å². The number of aromatic amines is 1. The van der Waals surface area contributed by atoms with Crippen molar-refractivity contribution in [2.24, 2.45) is 0 Å². The topological polar surface area (TPSA) is 81.2 Å². The maximum absolute atomic E-state index is 12.7. The summed E-state index contributed by atoms with van der Waals surface area (Å²) in [7, 11) is 3.97. The van der Waals surface area contributed by atoms with Gasteiger partial charge in [0.25, 0.3) is 5.91 Å². The van der Waals surface area contributed by atoms with E-state index in [-0.39, 0.29) is 5.91 Å². The summed E-state index contributed by atoms with van der Waals surface area (Å²) in [6.45, 7) is 1.38. The average Bonchev–Trinajstić information content (AvgIpc) is 3.06. The van der Waals surface area contributed by atoms with Gasteiger partial charge in [-0.05, 0) is 38.4 Å². The van der Waals surface area contributed by atoms with E-state index in [1.54, 1.807) is 30.5 Å². The lowest BCUT2D eigenvalue weighted by Crippen LogP contribution is -2.19. The number of likely N-dealkylation sites (N-methyl/N-ethyl adjacent to an activating group) is 1. The molecule has 26 heavy (non-hydrogen) atoms. The number of hydrogen-bond donors (Lipinski definition) is 2. The predicted octanol–water partition coefficient (Wildman–Crippen LogP) is 3.23. The molecule has 0 saturated heterocycles. The molecule has 0 bridgehead atoms. The number of nitrogens with one attached hydrogen (secondary N) is 2. The van der Waals surface area contributed by atoms with Crippen LogP contribution in [0.15, 0.2) is 48.7 Å². The number of nitriles is 1. The molecule has 0 aliphatic rings. The monoisotopic (exact) mass is 348 g/mol. The summed E-state index contributed by atoms with van der Waals surface area (Å²) in [5.41, 5.74) is 2.31. The number of amides is 1. The smallest absolute Gasteiger partial charge is 0.257 e. The number of rotatable bonds is 6. The van der Waals surface area contributed by atoms with Crippen molar-refractivity contribution in [3.63, 3.8) is 0 Å². The zero-order chi connectivity index (χ0) is 18.5. The van der Waals surface area contributed by atoms with Gasteiger partial charge in [0.1, 0.15) is 12.4 Å². The minimum absolute atomic E-state index is 0.274. The summed E-state index contributed by atoms with van der Waals surface area (Å²) in [6.07, 6.45) is 1.62. The minimum Gasteiger partial charge on any atom is -0.492 e. The standard InChI is InChI=1S/C20H20N4O2/c1-24(2)9-10-26-16-7-4-6-15(11-16)23-20(25)17-13-22-18-8-3-5-14(12-21)19(17)18/h3-8,11,13,22H,9-10H2,1-2H3,(H,23,25).